The number of carbonyl (C=O) groups excluding carboxylic acids is 1. The highest BCUT2D eigenvalue weighted by molar-refractivity contribution is 8.04. The van der Waals surface area contributed by atoms with Crippen LogP contribution in [0.4, 0.5) is 0 Å². The van der Waals surface area contributed by atoms with Crippen molar-refractivity contribution < 1.29 is 14.6 Å². The Morgan fingerprint density at radius 3 is 2.71 bits per heavy atom. The van der Waals surface area contributed by atoms with E-state index in [1.165, 1.54) is 11.8 Å². The summed E-state index contributed by atoms with van der Waals surface area (Å²) in [6.45, 7) is 0.912. The van der Waals surface area contributed by atoms with E-state index >= 15 is 0 Å². The molecule has 0 bridgehead atoms. The number of aliphatic hydroxyl groups is 1. The molecule has 0 spiro atoms. The molecule has 0 aromatic heterocycles. The predicted molar refractivity (Wildman–Crippen MR) is 70.8 cm³/mol. The summed E-state index contributed by atoms with van der Waals surface area (Å²) in [7, 11) is 0. The van der Waals surface area contributed by atoms with Gasteiger partial charge in [-0.2, -0.15) is 0 Å². The second kappa shape index (κ2) is 8.98. The van der Waals surface area contributed by atoms with Crippen molar-refractivity contribution in [3.63, 3.8) is 0 Å². The van der Waals surface area contributed by atoms with Gasteiger partial charge in [0.05, 0.1) is 19.8 Å². The fourth-order valence-electron chi connectivity index (χ4n) is 1.21. The summed E-state index contributed by atoms with van der Waals surface area (Å²) < 4.78 is 5.11. The van der Waals surface area contributed by atoms with Gasteiger partial charge < -0.3 is 9.84 Å². The smallest absolute Gasteiger partial charge is 0.156 e. The highest BCUT2D eigenvalue weighted by atomic mass is 32.2. The third-order valence-corrected chi connectivity index (χ3v) is 2.87. The van der Waals surface area contributed by atoms with Gasteiger partial charge in [0, 0.05) is 10.7 Å². The molecule has 0 radical (unpaired) electrons. The monoisotopic (exact) mass is 252 g/mol. The second-order valence-corrected chi connectivity index (χ2v) is 4.43. The first-order valence-electron chi connectivity index (χ1n) is 5.40. The van der Waals surface area contributed by atoms with Crippen molar-refractivity contribution in [3.05, 3.63) is 40.8 Å². The highest BCUT2D eigenvalue weighted by Crippen LogP contribution is 2.16. The number of aliphatic hydroxyl groups excluding tert-OH is 1. The summed E-state index contributed by atoms with van der Waals surface area (Å²) >= 11 is 1.45. The first-order chi connectivity index (χ1) is 8.36. The van der Waals surface area contributed by atoms with Crippen molar-refractivity contribution in [2.24, 2.45) is 0 Å². The summed E-state index contributed by atoms with van der Waals surface area (Å²) in [5.41, 5.74) is 1.01. The molecule has 0 aliphatic heterocycles. The number of allylic oxidation sites excluding steroid dienone is 1. The molecule has 0 unspecified atom stereocenters. The van der Waals surface area contributed by atoms with E-state index in [9.17, 15) is 4.79 Å². The summed E-state index contributed by atoms with van der Waals surface area (Å²) in [5, 5.41) is 8.52. The van der Waals surface area contributed by atoms with Gasteiger partial charge in [0.15, 0.2) is 6.29 Å². The Morgan fingerprint density at radius 1 is 1.29 bits per heavy atom. The molecular formula is C13H16O3S. The van der Waals surface area contributed by atoms with E-state index in [0.717, 1.165) is 11.8 Å². The van der Waals surface area contributed by atoms with Gasteiger partial charge in [-0.3, -0.25) is 4.79 Å². The van der Waals surface area contributed by atoms with Gasteiger partial charge in [-0.25, -0.2) is 0 Å². The number of carbonyl (C=O) groups is 1. The maximum atomic E-state index is 10.9. The van der Waals surface area contributed by atoms with E-state index in [-0.39, 0.29) is 6.61 Å². The number of aldehydes is 1. The molecule has 0 fully saturated rings. The van der Waals surface area contributed by atoms with Gasteiger partial charge in [-0.05, 0) is 11.6 Å². The minimum atomic E-state index is 0.0328. The SMILES string of the molecule is O=C/C(=C/c1ccccc1)SCCOCCO. The third kappa shape index (κ3) is 6.26. The van der Waals surface area contributed by atoms with E-state index in [1.807, 2.05) is 36.4 Å². The Bertz CT molecular complexity index is 349. The standard InChI is InChI=1S/C13H16O3S/c14-6-7-16-8-9-17-13(11-15)10-12-4-2-1-3-5-12/h1-5,10-11,14H,6-9H2/b13-10-. The Hall–Kier alpha value is -1.10. The Morgan fingerprint density at radius 2 is 2.06 bits per heavy atom. The van der Waals surface area contributed by atoms with Crippen molar-refractivity contribution in [1.29, 1.82) is 0 Å². The number of rotatable bonds is 8. The molecule has 1 aromatic rings. The largest absolute Gasteiger partial charge is 0.394 e. The fourth-order valence-corrected chi connectivity index (χ4v) is 1.93. The summed E-state index contributed by atoms with van der Waals surface area (Å²) in [6.07, 6.45) is 2.70. The van der Waals surface area contributed by atoms with Crippen LogP contribution in [0.2, 0.25) is 0 Å². The number of ether oxygens (including phenoxy) is 1. The highest BCUT2D eigenvalue weighted by Gasteiger charge is 1.97. The van der Waals surface area contributed by atoms with E-state index in [2.05, 4.69) is 0 Å². The number of benzene rings is 1. The average Bonchev–Trinajstić information content (AvgIpc) is 2.38. The predicted octanol–water partition coefficient (Wildman–Crippen LogP) is 1.97. The molecule has 1 aromatic carbocycles. The van der Waals surface area contributed by atoms with E-state index in [1.54, 1.807) is 0 Å². The molecule has 1 N–H and O–H groups in total. The number of hydrogen-bond donors (Lipinski definition) is 1. The fraction of sp³-hybridized carbons (Fsp3) is 0.308. The molecule has 0 aliphatic rings. The summed E-state index contributed by atoms with van der Waals surface area (Å²) in [4.78, 5) is 11.5. The van der Waals surface area contributed by atoms with Gasteiger partial charge in [-0.1, -0.05) is 30.3 Å². The lowest BCUT2D eigenvalue weighted by molar-refractivity contribution is -0.104. The van der Waals surface area contributed by atoms with Gasteiger partial charge >= 0.3 is 0 Å². The average molecular weight is 252 g/mol. The number of thioether (sulfide) groups is 1. The van der Waals surface area contributed by atoms with E-state index in [4.69, 9.17) is 9.84 Å². The molecule has 0 saturated carbocycles. The molecule has 17 heavy (non-hydrogen) atoms. The van der Waals surface area contributed by atoms with Crippen LogP contribution in [0.15, 0.2) is 35.2 Å². The molecular weight excluding hydrogens is 236 g/mol. The van der Waals surface area contributed by atoms with Crippen molar-refractivity contribution >= 4 is 24.1 Å². The van der Waals surface area contributed by atoms with Crippen LogP contribution < -0.4 is 0 Å². The lowest BCUT2D eigenvalue weighted by Gasteiger charge is -2.02. The third-order valence-electron chi connectivity index (χ3n) is 1.96. The van der Waals surface area contributed by atoms with E-state index in [0.29, 0.717) is 23.9 Å². The maximum absolute atomic E-state index is 10.9. The molecule has 92 valence electrons. The van der Waals surface area contributed by atoms with Crippen LogP contribution >= 0.6 is 11.8 Å². The first kappa shape index (κ1) is 14.0. The lowest BCUT2D eigenvalue weighted by atomic mass is 10.2. The van der Waals surface area contributed by atoms with Crippen LogP contribution in [0.3, 0.4) is 0 Å². The quantitative estimate of drug-likeness (QED) is 0.436. The summed E-state index contributed by atoms with van der Waals surface area (Å²) in [6, 6.07) is 9.71. The molecule has 0 saturated heterocycles. The van der Waals surface area contributed by atoms with Gasteiger partial charge in [0.1, 0.15) is 0 Å². The molecule has 0 heterocycles. The number of hydrogen-bond acceptors (Lipinski definition) is 4. The van der Waals surface area contributed by atoms with E-state index < -0.39 is 0 Å². The molecule has 3 nitrogen and oxygen atoms in total. The Balaban J connectivity index is 2.38. The zero-order valence-corrected chi connectivity index (χ0v) is 10.4. The zero-order chi connectivity index (χ0) is 12.3. The molecule has 0 amide bonds. The normalized spacial score (nSPS) is 11.5. The van der Waals surface area contributed by atoms with Crippen LogP contribution in [-0.4, -0.2) is 37.0 Å². The second-order valence-electron chi connectivity index (χ2n) is 3.26. The van der Waals surface area contributed by atoms with Gasteiger partial charge in [0.2, 0.25) is 0 Å². The summed E-state index contributed by atoms with van der Waals surface area (Å²) in [5.74, 6) is 0.706. The Kier molecular flexibility index (Phi) is 7.38. The first-order valence-corrected chi connectivity index (χ1v) is 6.38. The topological polar surface area (TPSA) is 46.5 Å². The van der Waals surface area contributed by atoms with Crippen molar-refractivity contribution in [3.8, 4) is 0 Å². The van der Waals surface area contributed by atoms with Crippen molar-refractivity contribution in [2.45, 2.75) is 0 Å². The molecule has 0 atom stereocenters. The van der Waals surface area contributed by atoms with Crippen molar-refractivity contribution in [2.75, 3.05) is 25.6 Å². The van der Waals surface area contributed by atoms with Crippen LogP contribution in [0, 0.1) is 0 Å². The minimum absolute atomic E-state index is 0.0328. The van der Waals surface area contributed by atoms with Crippen molar-refractivity contribution in [1.82, 2.24) is 0 Å². The van der Waals surface area contributed by atoms with Gasteiger partial charge in [-0.15, -0.1) is 11.8 Å². The minimum Gasteiger partial charge on any atom is -0.394 e. The van der Waals surface area contributed by atoms with Crippen LogP contribution in [0.1, 0.15) is 5.56 Å². The van der Waals surface area contributed by atoms with Crippen LogP contribution in [-0.2, 0) is 9.53 Å². The Labute approximate surface area is 105 Å². The van der Waals surface area contributed by atoms with Crippen LogP contribution in [0.5, 0.6) is 0 Å². The van der Waals surface area contributed by atoms with Gasteiger partial charge in [0.25, 0.3) is 0 Å². The molecule has 1 rings (SSSR count). The van der Waals surface area contributed by atoms with Crippen LogP contribution in [0.25, 0.3) is 6.08 Å². The zero-order valence-electron chi connectivity index (χ0n) is 9.54. The molecule has 0 aliphatic carbocycles. The molecule has 4 heteroatoms. The maximum Gasteiger partial charge on any atom is 0.156 e. The lowest BCUT2D eigenvalue weighted by Crippen LogP contribution is -2.02.